The lowest BCUT2D eigenvalue weighted by molar-refractivity contribution is 0.0781. The van der Waals surface area contributed by atoms with E-state index in [1.807, 2.05) is 0 Å². The van der Waals surface area contributed by atoms with Crippen molar-refractivity contribution in [3.63, 3.8) is 0 Å². The summed E-state index contributed by atoms with van der Waals surface area (Å²) in [6, 6.07) is 0.294. The zero-order chi connectivity index (χ0) is 9.64. The third kappa shape index (κ3) is 1.62. The molecule has 2 rings (SSSR count). The fraction of sp³-hybridized carbons (Fsp3) is 1.00. The summed E-state index contributed by atoms with van der Waals surface area (Å²) in [5.74, 6) is 0.610. The molecule has 0 radical (unpaired) electrons. The Kier molecular flexibility index (Phi) is 2.16. The van der Waals surface area contributed by atoms with Gasteiger partial charge in [-0.15, -0.1) is 0 Å². The Bertz CT molecular complexity index is 197. The molecule has 4 unspecified atom stereocenters. The average Bonchev–Trinajstić information content (AvgIpc) is 2.60. The third-order valence-corrected chi connectivity index (χ3v) is 3.61. The Labute approximate surface area is 80.8 Å². The van der Waals surface area contributed by atoms with Gasteiger partial charge in [0.2, 0.25) is 0 Å². The average molecular weight is 183 g/mol. The highest BCUT2D eigenvalue weighted by Gasteiger charge is 2.45. The molecule has 0 aromatic heterocycles. The van der Waals surface area contributed by atoms with Gasteiger partial charge in [-0.3, -0.25) is 0 Å². The number of hydrogen-bond donors (Lipinski definition) is 1. The van der Waals surface area contributed by atoms with Gasteiger partial charge in [0, 0.05) is 12.0 Å². The van der Waals surface area contributed by atoms with E-state index in [1.165, 1.54) is 19.3 Å². The van der Waals surface area contributed by atoms with E-state index in [9.17, 15) is 0 Å². The van der Waals surface area contributed by atoms with E-state index in [1.54, 1.807) is 0 Å². The van der Waals surface area contributed by atoms with Crippen LogP contribution in [0.5, 0.6) is 0 Å². The van der Waals surface area contributed by atoms with Gasteiger partial charge in [0.05, 0.1) is 12.2 Å². The van der Waals surface area contributed by atoms with Crippen LogP contribution in [0.1, 0.15) is 40.0 Å². The lowest BCUT2D eigenvalue weighted by atomic mass is 9.73. The van der Waals surface area contributed by atoms with Gasteiger partial charge in [-0.1, -0.05) is 20.8 Å². The Hall–Kier alpha value is -0.0800. The van der Waals surface area contributed by atoms with E-state index in [0.717, 1.165) is 0 Å². The zero-order valence-electron chi connectivity index (χ0n) is 8.92. The van der Waals surface area contributed by atoms with Gasteiger partial charge in [0.15, 0.2) is 0 Å². The molecule has 2 nitrogen and oxygen atoms in total. The molecule has 76 valence electrons. The van der Waals surface area contributed by atoms with Crippen molar-refractivity contribution in [1.29, 1.82) is 0 Å². The number of ether oxygens (including phenoxy) is 1. The molecule has 2 saturated heterocycles. The van der Waals surface area contributed by atoms with Gasteiger partial charge in [-0.05, 0) is 24.7 Å². The van der Waals surface area contributed by atoms with Gasteiger partial charge in [0.1, 0.15) is 0 Å². The van der Waals surface area contributed by atoms with Crippen molar-refractivity contribution in [2.75, 3.05) is 0 Å². The second-order valence-corrected chi connectivity index (χ2v) is 5.67. The van der Waals surface area contributed by atoms with Crippen LogP contribution in [-0.2, 0) is 4.74 Å². The number of fused-ring (bicyclic) bond motifs is 2. The molecular weight excluding hydrogens is 162 g/mol. The minimum atomic E-state index is 0.221. The summed E-state index contributed by atoms with van der Waals surface area (Å²) in [5.41, 5.74) is 6.48. The van der Waals surface area contributed by atoms with Crippen LogP contribution in [-0.4, -0.2) is 18.2 Å². The molecule has 0 saturated carbocycles. The predicted octanol–water partition coefficient (Wildman–Crippen LogP) is 1.93. The van der Waals surface area contributed by atoms with Crippen LogP contribution in [0.25, 0.3) is 0 Å². The standard InChI is InChI=1S/C11H21NO/c1-11(2,3)10(12)8-6-7-4-5-9(8)13-7/h7-10H,4-6,12H2,1-3H3. The van der Waals surface area contributed by atoms with Crippen molar-refractivity contribution in [2.24, 2.45) is 17.1 Å². The topological polar surface area (TPSA) is 35.2 Å². The minimum Gasteiger partial charge on any atom is -0.375 e. The second kappa shape index (κ2) is 2.96. The van der Waals surface area contributed by atoms with Gasteiger partial charge in [-0.2, -0.15) is 0 Å². The Morgan fingerprint density at radius 2 is 2.00 bits per heavy atom. The van der Waals surface area contributed by atoms with Crippen molar-refractivity contribution in [1.82, 2.24) is 0 Å². The highest BCUT2D eigenvalue weighted by atomic mass is 16.5. The van der Waals surface area contributed by atoms with Crippen molar-refractivity contribution < 1.29 is 4.74 Å². The van der Waals surface area contributed by atoms with Crippen LogP contribution in [0.3, 0.4) is 0 Å². The van der Waals surface area contributed by atoms with Crippen molar-refractivity contribution in [3.8, 4) is 0 Å². The number of nitrogens with two attached hydrogens (primary N) is 1. The fourth-order valence-electron chi connectivity index (χ4n) is 2.70. The summed E-state index contributed by atoms with van der Waals surface area (Å²) in [6.45, 7) is 6.68. The molecule has 0 aliphatic carbocycles. The summed E-state index contributed by atoms with van der Waals surface area (Å²) in [5, 5.41) is 0. The maximum absolute atomic E-state index is 6.26. The van der Waals surface area contributed by atoms with E-state index in [-0.39, 0.29) is 5.41 Å². The largest absolute Gasteiger partial charge is 0.375 e. The van der Waals surface area contributed by atoms with E-state index >= 15 is 0 Å². The quantitative estimate of drug-likeness (QED) is 0.674. The summed E-state index contributed by atoms with van der Waals surface area (Å²) in [7, 11) is 0. The summed E-state index contributed by atoms with van der Waals surface area (Å²) in [6.07, 6.45) is 4.70. The molecule has 0 aromatic carbocycles. The molecule has 2 N–H and O–H groups in total. The van der Waals surface area contributed by atoms with Crippen LogP contribution in [0, 0.1) is 11.3 Å². The molecule has 0 amide bonds. The Morgan fingerprint density at radius 3 is 2.38 bits per heavy atom. The van der Waals surface area contributed by atoms with Crippen molar-refractivity contribution >= 4 is 0 Å². The Balaban J connectivity index is 2.02. The first kappa shape index (κ1) is 9.47. The van der Waals surface area contributed by atoms with Crippen LogP contribution < -0.4 is 5.73 Å². The molecular formula is C11H21NO. The Morgan fingerprint density at radius 1 is 1.31 bits per heavy atom. The third-order valence-electron chi connectivity index (χ3n) is 3.61. The maximum atomic E-state index is 6.26. The smallest absolute Gasteiger partial charge is 0.0623 e. The molecule has 2 aliphatic heterocycles. The maximum Gasteiger partial charge on any atom is 0.0623 e. The summed E-state index contributed by atoms with van der Waals surface area (Å²) >= 11 is 0. The second-order valence-electron chi connectivity index (χ2n) is 5.67. The monoisotopic (exact) mass is 183 g/mol. The molecule has 4 atom stereocenters. The normalized spacial score (nSPS) is 41.1. The summed E-state index contributed by atoms with van der Waals surface area (Å²) in [4.78, 5) is 0. The first-order chi connectivity index (χ1) is 5.98. The highest BCUT2D eigenvalue weighted by Crippen LogP contribution is 2.43. The highest BCUT2D eigenvalue weighted by molar-refractivity contribution is 4.97. The molecule has 0 aromatic rings. The first-order valence-corrected chi connectivity index (χ1v) is 5.39. The lowest BCUT2D eigenvalue weighted by Gasteiger charge is -2.35. The number of hydrogen-bond acceptors (Lipinski definition) is 2. The molecule has 2 aliphatic rings. The van der Waals surface area contributed by atoms with Crippen LogP contribution in [0.2, 0.25) is 0 Å². The van der Waals surface area contributed by atoms with Crippen molar-refractivity contribution in [2.45, 2.75) is 58.3 Å². The predicted molar refractivity (Wildman–Crippen MR) is 53.4 cm³/mol. The molecule has 2 fully saturated rings. The minimum absolute atomic E-state index is 0.221. The van der Waals surface area contributed by atoms with E-state index < -0.39 is 0 Å². The van der Waals surface area contributed by atoms with Crippen LogP contribution >= 0.6 is 0 Å². The number of rotatable bonds is 1. The fourth-order valence-corrected chi connectivity index (χ4v) is 2.70. The summed E-state index contributed by atoms with van der Waals surface area (Å²) < 4.78 is 5.82. The molecule has 13 heavy (non-hydrogen) atoms. The zero-order valence-corrected chi connectivity index (χ0v) is 8.92. The van der Waals surface area contributed by atoms with Crippen molar-refractivity contribution in [3.05, 3.63) is 0 Å². The first-order valence-electron chi connectivity index (χ1n) is 5.39. The van der Waals surface area contributed by atoms with Gasteiger partial charge in [-0.25, -0.2) is 0 Å². The molecule has 0 spiro atoms. The molecule has 2 bridgehead atoms. The van der Waals surface area contributed by atoms with Crippen LogP contribution in [0.15, 0.2) is 0 Å². The molecule has 2 heteroatoms. The van der Waals surface area contributed by atoms with Gasteiger partial charge < -0.3 is 10.5 Å². The SMILES string of the molecule is CC(C)(C)C(N)C1CC2CCC1O2. The van der Waals surface area contributed by atoms with E-state index in [4.69, 9.17) is 10.5 Å². The molecule has 2 heterocycles. The van der Waals surface area contributed by atoms with E-state index in [2.05, 4.69) is 20.8 Å². The van der Waals surface area contributed by atoms with Gasteiger partial charge in [0.25, 0.3) is 0 Å². The van der Waals surface area contributed by atoms with Gasteiger partial charge >= 0.3 is 0 Å². The van der Waals surface area contributed by atoms with Crippen LogP contribution in [0.4, 0.5) is 0 Å². The van der Waals surface area contributed by atoms with E-state index in [0.29, 0.717) is 24.2 Å². The lowest BCUT2D eigenvalue weighted by Crippen LogP contribution is -2.45.